The third kappa shape index (κ3) is 4.00. The topological polar surface area (TPSA) is 77.6 Å². The average molecular weight is 292 g/mol. The molecule has 0 radical (unpaired) electrons. The SMILES string of the molecule is CC(C)(C#N)C(=O)Nc1ccc(N=Nc2ccccc2)cc1. The van der Waals surface area contributed by atoms with Crippen molar-refractivity contribution in [2.45, 2.75) is 13.8 Å². The van der Waals surface area contributed by atoms with E-state index in [0.29, 0.717) is 11.4 Å². The minimum Gasteiger partial charge on any atom is -0.325 e. The molecule has 0 fully saturated rings. The van der Waals surface area contributed by atoms with E-state index in [0.717, 1.165) is 5.69 Å². The summed E-state index contributed by atoms with van der Waals surface area (Å²) < 4.78 is 0. The first kappa shape index (κ1) is 15.4. The molecule has 0 atom stereocenters. The van der Waals surface area contributed by atoms with Gasteiger partial charge in [-0.3, -0.25) is 4.79 Å². The Morgan fingerprint density at radius 3 is 2.09 bits per heavy atom. The summed E-state index contributed by atoms with van der Waals surface area (Å²) in [5.74, 6) is -0.339. The zero-order chi connectivity index (χ0) is 16.0. The van der Waals surface area contributed by atoms with Gasteiger partial charge in [-0.05, 0) is 50.2 Å². The molecular weight excluding hydrogens is 276 g/mol. The van der Waals surface area contributed by atoms with Crippen molar-refractivity contribution in [3.63, 3.8) is 0 Å². The molecular formula is C17H16N4O. The van der Waals surface area contributed by atoms with Crippen LogP contribution in [0.5, 0.6) is 0 Å². The first-order valence-corrected chi connectivity index (χ1v) is 6.81. The zero-order valence-corrected chi connectivity index (χ0v) is 12.4. The van der Waals surface area contributed by atoms with E-state index in [9.17, 15) is 4.79 Å². The quantitative estimate of drug-likeness (QED) is 0.836. The Morgan fingerprint density at radius 1 is 1.00 bits per heavy atom. The van der Waals surface area contributed by atoms with E-state index in [1.54, 1.807) is 38.1 Å². The molecule has 1 amide bonds. The van der Waals surface area contributed by atoms with Crippen LogP contribution in [0.25, 0.3) is 0 Å². The molecule has 5 heteroatoms. The number of hydrogen-bond donors (Lipinski definition) is 1. The largest absolute Gasteiger partial charge is 0.325 e. The molecule has 0 saturated heterocycles. The Kier molecular flexibility index (Phi) is 4.64. The van der Waals surface area contributed by atoms with Gasteiger partial charge in [-0.15, -0.1) is 0 Å². The van der Waals surface area contributed by atoms with Gasteiger partial charge in [0.05, 0.1) is 17.4 Å². The highest BCUT2D eigenvalue weighted by Crippen LogP contribution is 2.22. The van der Waals surface area contributed by atoms with Gasteiger partial charge in [-0.25, -0.2) is 0 Å². The number of benzene rings is 2. The molecule has 0 unspecified atom stereocenters. The maximum absolute atomic E-state index is 11.9. The summed E-state index contributed by atoms with van der Waals surface area (Å²) in [5.41, 5.74) is 1.01. The van der Waals surface area contributed by atoms with Crippen LogP contribution in [0.15, 0.2) is 64.8 Å². The van der Waals surface area contributed by atoms with E-state index in [1.807, 2.05) is 36.4 Å². The van der Waals surface area contributed by atoms with Crippen molar-refractivity contribution in [3.8, 4) is 6.07 Å². The monoisotopic (exact) mass is 292 g/mol. The van der Waals surface area contributed by atoms with Crippen molar-refractivity contribution in [1.82, 2.24) is 0 Å². The molecule has 2 aromatic rings. The van der Waals surface area contributed by atoms with Gasteiger partial charge in [0.25, 0.3) is 0 Å². The van der Waals surface area contributed by atoms with Crippen LogP contribution in [0.4, 0.5) is 17.1 Å². The second-order valence-corrected chi connectivity index (χ2v) is 5.27. The molecule has 1 N–H and O–H groups in total. The van der Waals surface area contributed by atoms with Gasteiger partial charge in [0, 0.05) is 5.69 Å². The smallest absolute Gasteiger partial charge is 0.244 e. The highest BCUT2D eigenvalue weighted by atomic mass is 16.2. The van der Waals surface area contributed by atoms with Crippen LogP contribution in [0, 0.1) is 16.7 Å². The number of nitriles is 1. The predicted octanol–water partition coefficient (Wildman–Crippen LogP) is 4.59. The van der Waals surface area contributed by atoms with Gasteiger partial charge in [0.2, 0.25) is 5.91 Å². The lowest BCUT2D eigenvalue weighted by atomic mass is 9.94. The van der Waals surface area contributed by atoms with Crippen LogP contribution in [-0.4, -0.2) is 5.91 Å². The van der Waals surface area contributed by atoms with E-state index < -0.39 is 5.41 Å². The molecule has 110 valence electrons. The molecule has 0 aliphatic carbocycles. The van der Waals surface area contributed by atoms with Crippen molar-refractivity contribution < 1.29 is 4.79 Å². The number of rotatable bonds is 4. The van der Waals surface area contributed by atoms with E-state index in [1.165, 1.54) is 0 Å². The van der Waals surface area contributed by atoms with Crippen LogP contribution >= 0.6 is 0 Å². The van der Waals surface area contributed by atoms with Crippen LogP contribution in [0.3, 0.4) is 0 Å². The third-order valence-electron chi connectivity index (χ3n) is 3.01. The minimum atomic E-state index is -1.06. The standard InChI is InChI=1S/C17H16N4O/c1-17(2,12-18)16(22)19-13-8-10-15(11-9-13)21-20-14-6-4-3-5-7-14/h3-11H,1-2H3,(H,19,22). The third-order valence-corrected chi connectivity index (χ3v) is 3.01. The number of carbonyl (C=O) groups excluding carboxylic acids is 1. The van der Waals surface area contributed by atoms with Gasteiger partial charge in [-0.1, -0.05) is 18.2 Å². The number of nitrogens with zero attached hydrogens (tertiary/aromatic N) is 3. The van der Waals surface area contributed by atoms with E-state index >= 15 is 0 Å². The molecule has 0 aliphatic heterocycles. The molecule has 0 saturated carbocycles. The summed E-state index contributed by atoms with van der Waals surface area (Å²) in [4.78, 5) is 11.9. The maximum Gasteiger partial charge on any atom is 0.244 e. The first-order valence-electron chi connectivity index (χ1n) is 6.81. The number of azo groups is 1. The zero-order valence-electron chi connectivity index (χ0n) is 12.4. The number of hydrogen-bond acceptors (Lipinski definition) is 4. The minimum absolute atomic E-state index is 0.339. The molecule has 22 heavy (non-hydrogen) atoms. The fourth-order valence-electron chi connectivity index (χ4n) is 1.56. The van der Waals surface area contributed by atoms with Crippen molar-refractivity contribution in [2.75, 3.05) is 5.32 Å². The average Bonchev–Trinajstić information content (AvgIpc) is 2.55. The second-order valence-electron chi connectivity index (χ2n) is 5.27. The fourth-order valence-corrected chi connectivity index (χ4v) is 1.56. The highest BCUT2D eigenvalue weighted by Gasteiger charge is 2.27. The first-order chi connectivity index (χ1) is 10.5. The van der Waals surface area contributed by atoms with Gasteiger partial charge in [-0.2, -0.15) is 15.5 Å². The van der Waals surface area contributed by atoms with E-state index in [4.69, 9.17) is 5.26 Å². The summed E-state index contributed by atoms with van der Waals surface area (Å²) >= 11 is 0. The van der Waals surface area contributed by atoms with Gasteiger partial charge in [0.15, 0.2) is 0 Å². The van der Waals surface area contributed by atoms with Crippen molar-refractivity contribution in [1.29, 1.82) is 5.26 Å². The Labute approximate surface area is 129 Å². The van der Waals surface area contributed by atoms with Crippen LogP contribution in [0.1, 0.15) is 13.8 Å². The Morgan fingerprint density at radius 2 is 1.55 bits per heavy atom. The molecule has 0 bridgehead atoms. The molecule has 2 aromatic carbocycles. The molecule has 0 aliphatic rings. The predicted molar refractivity (Wildman–Crippen MR) is 85.1 cm³/mol. The fraction of sp³-hybridized carbons (Fsp3) is 0.176. The van der Waals surface area contributed by atoms with Gasteiger partial charge >= 0.3 is 0 Å². The summed E-state index contributed by atoms with van der Waals surface area (Å²) in [6, 6.07) is 18.4. The van der Waals surface area contributed by atoms with Crippen LogP contribution < -0.4 is 5.32 Å². The second kappa shape index (κ2) is 6.64. The number of amides is 1. The molecule has 0 heterocycles. The number of nitrogens with one attached hydrogen (secondary N) is 1. The lowest BCUT2D eigenvalue weighted by molar-refractivity contribution is -0.121. The summed E-state index contributed by atoms with van der Waals surface area (Å²) in [7, 11) is 0. The molecule has 5 nitrogen and oxygen atoms in total. The van der Waals surface area contributed by atoms with Crippen molar-refractivity contribution in [2.24, 2.45) is 15.6 Å². The molecule has 0 spiro atoms. The summed E-state index contributed by atoms with van der Waals surface area (Å²) in [6.45, 7) is 3.15. The lowest BCUT2D eigenvalue weighted by Crippen LogP contribution is -2.29. The van der Waals surface area contributed by atoms with Crippen molar-refractivity contribution in [3.05, 3.63) is 54.6 Å². The van der Waals surface area contributed by atoms with E-state index in [2.05, 4.69) is 15.5 Å². The van der Waals surface area contributed by atoms with Crippen LogP contribution in [0.2, 0.25) is 0 Å². The summed E-state index contributed by atoms with van der Waals surface area (Å²) in [6.07, 6.45) is 0. The Balaban J connectivity index is 2.04. The Hall–Kier alpha value is -3.00. The normalized spacial score (nSPS) is 11.1. The lowest BCUT2D eigenvalue weighted by Gasteiger charge is -2.14. The molecule has 0 aromatic heterocycles. The van der Waals surface area contributed by atoms with E-state index in [-0.39, 0.29) is 5.91 Å². The van der Waals surface area contributed by atoms with Gasteiger partial charge in [0.1, 0.15) is 5.41 Å². The van der Waals surface area contributed by atoms with Gasteiger partial charge < -0.3 is 5.32 Å². The molecule has 2 rings (SSSR count). The van der Waals surface area contributed by atoms with Crippen molar-refractivity contribution >= 4 is 23.0 Å². The summed E-state index contributed by atoms with van der Waals surface area (Å²) in [5, 5.41) is 19.9. The highest BCUT2D eigenvalue weighted by molar-refractivity contribution is 5.96. The number of anilines is 1. The van der Waals surface area contributed by atoms with Crippen LogP contribution in [-0.2, 0) is 4.79 Å². The Bertz CT molecular complexity index is 713. The number of carbonyl (C=O) groups is 1. The maximum atomic E-state index is 11.9.